The Balaban J connectivity index is 1.75. The molecule has 1 saturated carbocycles. The molecular formula is C13H13BrN4. The van der Waals surface area contributed by atoms with Crippen LogP contribution in [0.25, 0.3) is 0 Å². The summed E-state index contributed by atoms with van der Waals surface area (Å²) in [5.74, 6) is 1.68. The number of rotatable bonds is 4. The molecule has 0 spiro atoms. The van der Waals surface area contributed by atoms with E-state index >= 15 is 0 Å². The third-order valence-corrected chi connectivity index (χ3v) is 3.19. The van der Waals surface area contributed by atoms with Crippen LogP contribution in [-0.2, 0) is 0 Å². The Morgan fingerprint density at radius 1 is 1.11 bits per heavy atom. The standard InChI is InChI=1S/C13H13BrN4/c14-9-2-1-3-11(6-9)18-13-7-12(15-8-16-13)17-10-4-5-10/h1-3,6-8,10H,4-5H2,(H2,15,16,17,18). The van der Waals surface area contributed by atoms with Gasteiger partial charge in [0.25, 0.3) is 0 Å². The lowest BCUT2D eigenvalue weighted by atomic mass is 10.3. The lowest BCUT2D eigenvalue weighted by molar-refractivity contribution is 1.08. The highest BCUT2D eigenvalue weighted by Crippen LogP contribution is 2.25. The predicted octanol–water partition coefficient (Wildman–Crippen LogP) is 3.56. The second kappa shape index (κ2) is 4.94. The van der Waals surface area contributed by atoms with Gasteiger partial charge in [-0.3, -0.25) is 0 Å². The van der Waals surface area contributed by atoms with E-state index in [9.17, 15) is 0 Å². The van der Waals surface area contributed by atoms with Gasteiger partial charge in [0.1, 0.15) is 18.0 Å². The van der Waals surface area contributed by atoms with Crippen molar-refractivity contribution < 1.29 is 0 Å². The second-order valence-electron chi connectivity index (χ2n) is 4.34. The molecule has 4 nitrogen and oxygen atoms in total. The van der Waals surface area contributed by atoms with Crippen molar-refractivity contribution in [1.82, 2.24) is 9.97 Å². The molecule has 0 unspecified atom stereocenters. The van der Waals surface area contributed by atoms with E-state index in [4.69, 9.17) is 0 Å². The fourth-order valence-corrected chi connectivity index (χ4v) is 2.05. The fraction of sp³-hybridized carbons (Fsp3) is 0.231. The largest absolute Gasteiger partial charge is 0.367 e. The van der Waals surface area contributed by atoms with Crippen LogP contribution in [0.2, 0.25) is 0 Å². The first-order chi connectivity index (χ1) is 8.79. The minimum atomic E-state index is 0.596. The zero-order valence-electron chi connectivity index (χ0n) is 9.73. The van der Waals surface area contributed by atoms with Crippen LogP contribution < -0.4 is 10.6 Å². The van der Waals surface area contributed by atoms with Crippen LogP contribution in [0.1, 0.15) is 12.8 Å². The zero-order valence-corrected chi connectivity index (χ0v) is 11.3. The maximum atomic E-state index is 4.21. The molecule has 1 aromatic carbocycles. The Hall–Kier alpha value is -1.62. The van der Waals surface area contributed by atoms with Crippen molar-refractivity contribution in [2.45, 2.75) is 18.9 Å². The van der Waals surface area contributed by atoms with Gasteiger partial charge in [-0.15, -0.1) is 0 Å². The monoisotopic (exact) mass is 304 g/mol. The third-order valence-electron chi connectivity index (χ3n) is 2.69. The van der Waals surface area contributed by atoms with Gasteiger partial charge in [-0.25, -0.2) is 9.97 Å². The number of hydrogen-bond acceptors (Lipinski definition) is 4. The normalized spacial score (nSPS) is 14.3. The van der Waals surface area contributed by atoms with Gasteiger partial charge in [0.2, 0.25) is 0 Å². The highest BCUT2D eigenvalue weighted by atomic mass is 79.9. The summed E-state index contributed by atoms with van der Waals surface area (Å²) in [5, 5.41) is 6.61. The molecule has 2 N–H and O–H groups in total. The average molecular weight is 305 g/mol. The lowest BCUT2D eigenvalue weighted by Crippen LogP contribution is -2.04. The molecule has 5 heteroatoms. The van der Waals surface area contributed by atoms with Crippen LogP contribution in [0.15, 0.2) is 41.1 Å². The maximum absolute atomic E-state index is 4.21. The van der Waals surface area contributed by atoms with Crippen molar-refractivity contribution in [3.8, 4) is 0 Å². The topological polar surface area (TPSA) is 49.8 Å². The van der Waals surface area contributed by atoms with Gasteiger partial charge in [0, 0.05) is 22.3 Å². The van der Waals surface area contributed by atoms with Gasteiger partial charge < -0.3 is 10.6 Å². The van der Waals surface area contributed by atoms with E-state index in [1.54, 1.807) is 6.33 Å². The van der Waals surface area contributed by atoms with E-state index in [0.717, 1.165) is 21.8 Å². The van der Waals surface area contributed by atoms with Crippen LogP contribution in [0.3, 0.4) is 0 Å². The molecule has 0 atom stereocenters. The van der Waals surface area contributed by atoms with Crippen molar-refractivity contribution in [3.05, 3.63) is 41.1 Å². The molecule has 0 amide bonds. The van der Waals surface area contributed by atoms with Gasteiger partial charge in [0.15, 0.2) is 0 Å². The summed E-state index contributed by atoms with van der Waals surface area (Å²) in [6, 6.07) is 10.5. The molecule has 3 rings (SSSR count). The van der Waals surface area contributed by atoms with Crippen molar-refractivity contribution in [2.24, 2.45) is 0 Å². The summed E-state index contributed by atoms with van der Waals surface area (Å²) < 4.78 is 1.04. The van der Waals surface area contributed by atoms with Crippen LogP contribution in [0.4, 0.5) is 17.3 Å². The van der Waals surface area contributed by atoms with E-state index in [0.29, 0.717) is 6.04 Å². The van der Waals surface area contributed by atoms with Gasteiger partial charge >= 0.3 is 0 Å². The predicted molar refractivity (Wildman–Crippen MR) is 76.1 cm³/mol. The summed E-state index contributed by atoms with van der Waals surface area (Å²) in [5.41, 5.74) is 1.00. The molecule has 2 aromatic rings. The van der Waals surface area contributed by atoms with Gasteiger partial charge in [0.05, 0.1) is 0 Å². The molecule has 1 aliphatic rings. The Morgan fingerprint density at radius 3 is 2.72 bits per heavy atom. The Labute approximate surface area is 114 Å². The summed E-state index contributed by atoms with van der Waals surface area (Å²) in [4.78, 5) is 8.42. The highest BCUT2D eigenvalue weighted by Gasteiger charge is 2.21. The molecule has 18 heavy (non-hydrogen) atoms. The molecule has 1 aromatic heterocycles. The van der Waals surface area contributed by atoms with Gasteiger partial charge in [-0.1, -0.05) is 22.0 Å². The third kappa shape index (κ3) is 2.98. The first-order valence-corrected chi connectivity index (χ1v) is 6.70. The minimum Gasteiger partial charge on any atom is -0.367 e. The Morgan fingerprint density at radius 2 is 1.94 bits per heavy atom. The van der Waals surface area contributed by atoms with Gasteiger partial charge in [-0.05, 0) is 31.0 Å². The molecule has 92 valence electrons. The smallest absolute Gasteiger partial charge is 0.135 e. The van der Waals surface area contributed by atoms with Crippen molar-refractivity contribution in [2.75, 3.05) is 10.6 Å². The molecular weight excluding hydrogens is 292 g/mol. The summed E-state index contributed by atoms with van der Waals surface area (Å²) >= 11 is 3.45. The SMILES string of the molecule is Brc1cccc(Nc2cc(NC3CC3)ncn2)c1. The second-order valence-corrected chi connectivity index (χ2v) is 5.26. The summed E-state index contributed by atoms with van der Waals surface area (Å²) in [7, 11) is 0. The first-order valence-electron chi connectivity index (χ1n) is 5.91. The molecule has 0 saturated heterocycles. The molecule has 1 heterocycles. The number of anilines is 3. The number of benzene rings is 1. The number of hydrogen-bond donors (Lipinski definition) is 2. The fourth-order valence-electron chi connectivity index (χ4n) is 1.66. The first kappa shape index (κ1) is 11.5. The Kier molecular flexibility index (Phi) is 3.15. The minimum absolute atomic E-state index is 0.596. The van der Waals surface area contributed by atoms with E-state index in [2.05, 4.69) is 36.5 Å². The number of nitrogens with zero attached hydrogens (tertiary/aromatic N) is 2. The average Bonchev–Trinajstić information content (AvgIpc) is 3.13. The molecule has 1 fully saturated rings. The number of halogens is 1. The summed E-state index contributed by atoms with van der Waals surface area (Å²) in [6.07, 6.45) is 4.04. The van der Waals surface area contributed by atoms with Crippen LogP contribution in [0.5, 0.6) is 0 Å². The highest BCUT2D eigenvalue weighted by molar-refractivity contribution is 9.10. The van der Waals surface area contributed by atoms with E-state index in [1.807, 2.05) is 30.3 Å². The molecule has 0 bridgehead atoms. The molecule has 0 radical (unpaired) electrons. The van der Waals surface area contributed by atoms with Crippen molar-refractivity contribution in [3.63, 3.8) is 0 Å². The van der Waals surface area contributed by atoms with Crippen molar-refractivity contribution >= 4 is 33.3 Å². The van der Waals surface area contributed by atoms with E-state index in [-0.39, 0.29) is 0 Å². The number of nitrogens with one attached hydrogen (secondary N) is 2. The quantitative estimate of drug-likeness (QED) is 0.907. The van der Waals surface area contributed by atoms with Gasteiger partial charge in [-0.2, -0.15) is 0 Å². The van der Waals surface area contributed by atoms with Crippen LogP contribution in [0, 0.1) is 0 Å². The summed E-state index contributed by atoms with van der Waals surface area (Å²) in [6.45, 7) is 0. The Bertz CT molecular complexity index is 554. The van der Waals surface area contributed by atoms with E-state index in [1.165, 1.54) is 12.8 Å². The van der Waals surface area contributed by atoms with Crippen LogP contribution in [-0.4, -0.2) is 16.0 Å². The van der Waals surface area contributed by atoms with E-state index < -0.39 is 0 Å². The zero-order chi connectivity index (χ0) is 12.4. The maximum Gasteiger partial charge on any atom is 0.135 e. The molecule has 0 aliphatic heterocycles. The van der Waals surface area contributed by atoms with Crippen molar-refractivity contribution in [1.29, 1.82) is 0 Å². The van der Waals surface area contributed by atoms with Crippen LogP contribution >= 0.6 is 15.9 Å². The lowest BCUT2D eigenvalue weighted by Gasteiger charge is -2.08. The molecule has 1 aliphatic carbocycles. The number of aromatic nitrogens is 2.